The van der Waals surface area contributed by atoms with Crippen LogP contribution in [0.15, 0.2) is 11.6 Å². The summed E-state index contributed by atoms with van der Waals surface area (Å²) in [4.78, 5) is 15.1. The Morgan fingerprint density at radius 3 is 3.11 bits per heavy atom. The molecule has 100 valence electrons. The molecule has 18 heavy (non-hydrogen) atoms. The second-order valence-corrected chi connectivity index (χ2v) is 5.33. The molecule has 0 aromatic carbocycles. The zero-order valence-electron chi connectivity index (χ0n) is 10.3. The van der Waals surface area contributed by atoms with E-state index < -0.39 is 12.1 Å². The Morgan fingerprint density at radius 1 is 1.72 bits per heavy atom. The quantitative estimate of drug-likeness (QED) is 0.825. The van der Waals surface area contributed by atoms with E-state index in [1.165, 1.54) is 0 Å². The minimum atomic E-state index is -0.857. The molecule has 1 fully saturated rings. The van der Waals surface area contributed by atoms with Gasteiger partial charge in [0, 0.05) is 18.1 Å². The van der Waals surface area contributed by atoms with Gasteiger partial charge in [0.15, 0.2) is 6.10 Å². The molecule has 0 spiro atoms. The van der Waals surface area contributed by atoms with Crippen LogP contribution in [0.3, 0.4) is 0 Å². The van der Waals surface area contributed by atoms with Crippen LogP contribution < -0.4 is 5.32 Å². The van der Waals surface area contributed by atoms with E-state index in [1.807, 2.05) is 5.38 Å². The van der Waals surface area contributed by atoms with E-state index in [9.17, 15) is 4.79 Å². The molecular formula is C12H18N2O3S. The maximum atomic E-state index is 10.8. The van der Waals surface area contributed by atoms with Crippen molar-refractivity contribution in [3.05, 3.63) is 16.6 Å². The number of carboxylic acids is 1. The third-order valence-corrected chi connectivity index (χ3v) is 4.02. The topological polar surface area (TPSA) is 71.5 Å². The lowest BCUT2D eigenvalue weighted by molar-refractivity contribution is -0.149. The van der Waals surface area contributed by atoms with Gasteiger partial charge < -0.3 is 15.2 Å². The lowest BCUT2D eigenvalue weighted by Crippen LogP contribution is -2.31. The molecule has 0 bridgehead atoms. The molecule has 2 rings (SSSR count). The standard InChI is InChI=1S/C12H18N2O3S/c1-2-9(11-13-5-6-18-11)14-7-8-3-4-10(17-8)12(15)16/h5-6,8-10,14H,2-4,7H2,1H3,(H,15,16). The molecule has 5 nitrogen and oxygen atoms in total. The van der Waals surface area contributed by atoms with Gasteiger partial charge in [-0.25, -0.2) is 9.78 Å². The number of nitrogens with zero attached hydrogens (tertiary/aromatic N) is 1. The van der Waals surface area contributed by atoms with Gasteiger partial charge in [-0.1, -0.05) is 6.92 Å². The first-order chi connectivity index (χ1) is 8.70. The van der Waals surface area contributed by atoms with Crippen molar-refractivity contribution in [2.24, 2.45) is 0 Å². The normalized spacial score (nSPS) is 25.2. The second-order valence-electron chi connectivity index (χ2n) is 4.40. The lowest BCUT2D eigenvalue weighted by atomic mass is 10.2. The van der Waals surface area contributed by atoms with Gasteiger partial charge in [0.05, 0.1) is 12.1 Å². The molecule has 6 heteroatoms. The van der Waals surface area contributed by atoms with Crippen LogP contribution in [0.2, 0.25) is 0 Å². The fourth-order valence-corrected chi connectivity index (χ4v) is 2.92. The highest BCUT2D eigenvalue weighted by Gasteiger charge is 2.30. The van der Waals surface area contributed by atoms with E-state index in [0.29, 0.717) is 13.0 Å². The number of thiazole rings is 1. The second kappa shape index (κ2) is 6.26. The highest BCUT2D eigenvalue weighted by Crippen LogP contribution is 2.22. The summed E-state index contributed by atoms with van der Waals surface area (Å²) in [7, 11) is 0. The van der Waals surface area contributed by atoms with Crippen molar-refractivity contribution in [1.82, 2.24) is 10.3 Å². The van der Waals surface area contributed by atoms with Crippen molar-refractivity contribution in [3.8, 4) is 0 Å². The molecule has 0 radical (unpaired) electrons. The lowest BCUT2D eigenvalue weighted by Gasteiger charge is -2.18. The van der Waals surface area contributed by atoms with Crippen LogP contribution in [0.5, 0.6) is 0 Å². The van der Waals surface area contributed by atoms with Crippen molar-refractivity contribution in [3.63, 3.8) is 0 Å². The van der Waals surface area contributed by atoms with Gasteiger partial charge in [-0.05, 0) is 19.3 Å². The third-order valence-electron chi connectivity index (χ3n) is 3.13. The molecule has 3 unspecified atom stereocenters. The molecule has 1 aromatic rings. The SMILES string of the molecule is CCC(NCC1CCC(C(=O)O)O1)c1nccs1. The molecule has 1 aliphatic rings. The summed E-state index contributed by atoms with van der Waals surface area (Å²) >= 11 is 1.63. The van der Waals surface area contributed by atoms with Crippen LogP contribution in [0, 0.1) is 0 Å². The van der Waals surface area contributed by atoms with Crippen LogP contribution in [-0.2, 0) is 9.53 Å². The van der Waals surface area contributed by atoms with Gasteiger partial charge >= 0.3 is 5.97 Å². The number of aliphatic carboxylic acids is 1. The van der Waals surface area contributed by atoms with Crippen LogP contribution in [0.1, 0.15) is 37.2 Å². The summed E-state index contributed by atoms with van der Waals surface area (Å²) in [5.74, 6) is -0.857. The molecule has 0 saturated carbocycles. The van der Waals surface area contributed by atoms with Gasteiger partial charge in [-0.15, -0.1) is 11.3 Å². The molecule has 1 aromatic heterocycles. The molecule has 0 aliphatic carbocycles. The predicted molar refractivity (Wildman–Crippen MR) is 68.7 cm³/mol. The Balaban J connectivity index is 1.79. The maximum Gasteiger partial charge on any atom is 0.332 e. The minimum Gasteiger partial charge on any atom is -0.479 e. The van der Waals surface area contributed by atoms with Crippen LogP contribution in [0.25, 0.3) is 0 Å². The number of nitrogens with one attached hydrogen (secondary N) is 1. The molecule has 0 amide bonds. The minimum absolute atomic E-state index is 0.000104. The van der Waals surface area contributed by atoms with Gasteiger partial charge in [-0.3, -0.25) is 0 Å². The first-order valence-corrected chi connectivity index (χ1v) is 7.09. The number of rotatable bonds is 6. The molecule has 1 saturated heterocycles. The first-order valence-electron chi connectivity index (χ1n) is 6.21. The van der Waals surface area contributed by atoms with Crippen LogP contribution in [0.4, 0.5) is 0 Å². The fourth-order valence-electron chi connectivity index (χ4n) is 2.12. The fraction of sp³-hybridized carbons (Fsp3) is 0.667. The highest BCUT2D eigenvalue weighted by molar-refractivity contribution is 7.09. The number of ether oxygens (including phenoxy) is 1. The average Bonchev–Trinajstić information content (AvgIpc) is 3.00. The predicted octanol–water partition coefficient (Wildman–Crippen LogP) is 1.82. The molecular weight excluding hydrogens is 252 g/mol. The van der Waals surface area contributed by atoms with E-state index >= 15 is 0 Å². The highest BCUT2D eigenvalue weighted by atomic mass is 32.1. The number of carboxylic acid groups (broad SMARTS) is 1. The van der Waals surface area contributed by atoms with Crippen molar-refractivity contribution in [1.29, 1.82) is 0 Å². The summed E-state index contributed by atoms with van der Waals surface area (Å²) in [5.41, 5.74) is 0. The summed E-state index contributed by atoms with van der Waals surface area (Å²) in [6.07, 6.45) is 3.55. The van der Waals surface area contributed by atoms with E-state index in [-0.39, 0.29) is 12.1 Å². The summed E-state index contributed by atoms with van der Waals surface area (Å²) in [6.45, 7) is 2.79. The smallest absolute Gasteiger partial charge is 0.332 e. The van der Waals surface area contributed by atoms with Crippen LogP contribution >= 0.6 is 11.3 Å². The Labute approximate surface area is 110 Å². The summed E-state index contributed by atoms with van der Waals surface area (Å²) < 4.78 is 5.46. The zero-order chi connectivity index (χ0) is 13.0. The van der Waals surface area contributed by atoms with Gasteiger partial charge in [0.25, 0.3) is 0 Å². The molecule has 1 aliphatic heterocycles. The maximum absolute atomic E-state index is 10.8. The summed E-state index contributed by atoms with van der Waals surface area (Å²) in [6, 6.07) is 0.234. The number of carbonyl (C=O) groups is 1. The molecule has 2 N–H and O–H groups in total. The number of aromatic nitrogens is 1. The average molecular weight is 270 g/mol. The number of hydrogen-bond acceptors (Lipinski definition) is 5. The van der Waals surface area contributed by atoms with E-state index in [2.05, 4.69) is 17.2 Å². The first kappa shape index (κ1) is 13.5. The number of hydrogen-bond donors (Lipinski definition) is 2. The Bertz CT molecular complexity index is 383. The van der Waals surface area contributed by atoms with E-state index in [1.54, 1.807) is 17.5 Å². The van der Waals surface area contributed by atoms with Crippen molar-refractivity contribution < 1.29 is 14.6 Å². The van der Waals surface area contributed by atoms with Gasteiger partial charge in [-0.2, -0.15) is 0 Å². The van der Waals surface area contributed by atoms with Crippen molar-refractivity contribution in [2.45, 2.75) is 44.4 Å². The van der Waals surface area contributed by atoms with E-state index in [4.69, 9.17) is 9.84 Å². The van der Waals surface area contributed by atoms with Gasteiger partial charge in [0.2, 0.25) is 0 Å². The zero-order valence-corrected chi connectivity index (χ0v) is 11.2. The molecule has 3 atom stereocenters. The Kier molecular flexibility index (Phi) is 4.68. The largest absolute Gasteiger partial charge is 0.479 e. The Morgan fingerprint density at radius 2 is 2.56 bits per heavy atom. The summed E-state index contributed by atoms with van der Waals surface area (Å²) in [5, 5.41) is 15.3. The van der Waals surface area contributed by atoms with Crippen molar-refractivity contribution in [2.75, 3.05) is 6.54 Å². The molecule has 2 heterocycles. The Hall–Kier alpha value is -0.980. The van der Waals surface area contributed by atoms with Crippen molar-refractivity contribution >= 4 is 17.3 Å². The van der Waals surface area contributed by atoms with Crippen LogP contribution in [-0.4, -0.2) is 34.8 Å². The third kappa shape index (κ3) is 3.28. The van der Waals surface area contributed by atoms with E-state index in [0.717, 1.165) is 17.8 Å². The van der Waals surface area contributed by atoms with Gasteiger partial charge in [0.1, 0.15) is 5.01 Å². The monoisotopic (exact) mass is 270 g/mol.